The highest BCUT2D eigenvalue weighted by Crippen LogP contribution is 2.33. The molecule has 0 fully saturated rings. The first kappa shape index (κ1) is 20.8. The van der Waals surface area contributed by atoms with Crippen LogP contribution in [0.4, 0.5) is 0 Å². The largest absolute Gasteiger partial charge is 0.504 e. The van der Waals surface area contributed by atoms with E-state index in [1.54, 1.807) is 18.2 Å². The Kier molecular flexibility index (Phi) is 7.41. The summed E-state index contributed by atoms with van der Waals surface area (Å²) in [4.78, 5) is 12.6. The van der Waals surface area contributed by atoms with Gasteiger partial charge in [0.1, 0.15) is 11.6 Å². The molecule has 0 unspecified atom stereocenters. The van der Waals surface area contributed by atoms with Gasteiger partial charge in [-0.3, -0.25) is 4.79 Å². The van der Waals surface area contributed by atoms with Gasteiger partial charge in [-0.25, -0.2) is 0 Å². The zero-order valence-corrected chi connectivity index (χ0v) is 16.1. The van der Waals surface area contributed by atoms with E-state index in [0.717, 1.165) is 5.56 Å². The Hall–Kier alpha value is -3.52. The molecular formula is C23H24N2O3. The highest BCUT2D eigenvalue weighted by atomic mass is 16.5. The molecule has 0 bridgehead atoms. The van der Waals surface area contributed by atoms with Crippen LogP contribution in [0, 0.1) is 11.3 Å². The first-order valence-corrected chi connectivity index (χ1v) is 9.07. The fourth-order valence-electron chi connectivity index (χ4n) is 2.76. The van der Waals surface area contributed by atoms with E-state index in [-0.39, 0.29) is 17.4 Å². The van der Waals surface area contributed by atoms with E-state index in [9.17, 15) is 15.2 Å². The lowest BCUT2D eigenvalue weighted by Gasteiger charge is -2.14. The lowest BCUT2D eigenvalue weighted by molar-refractivity contribution is -0.117. The Labute approximate surface area is 165 Å². The van der Waals surface area contributed by atoms with Crippen molar-refractivity contribution >= 4 is 12.0 Å². The van der Waals surface area contributed by atoms with Crippen LogP contribution < -0.4 is 10.1 Å². The summed E-state index contributed by atoms with van der Waals surface area (Å²) in [5, 5.41) is 22.6. The van der Waals surface area contributed by atoms with E-state index in [2.05, 4.69) is 11.9 Å². The number of carbonyl (C=O) groups excluding carboxylic acids is 1. The van der Waals surface area contributed by atoms with Gasteiger partial charge < -0.3 is 15.2 Å². The molecule has 2 rings (SSSR count). The third kappa shape index (κ3) is 5.24. The standard InChI is InChI=1S/C23H24N2O3/c1-4-9-19-12-17(14-21(22(19)26)28-5-2)13-20(15-24)23(27)25-16(3)18-10-7-6-8-11-18/h4,6-8,10-14,16,26H,1,5,9H2,2-3H3,(H,25,27)/b20-13+/t16-/m1/s1. The lowest BCUT2D eigenvalue weighted by atomic mass is 10.0. The Morgan fingerprint density at radius 1 is 1.36 bits per heavy atom. The van der Waals surface area contributed by atoms with Crippen LogP contribution in [-0.2, 0) is 11.2 Å². The SMILES string of the molecule is C=CCc1cc(/C=C(\C#N)C(=O)N[C@H](C)c2ccccc2)cc(OCC)c1O. The molecule has 2 aromatic carbocycles. The summed E-state index contributed by atoms with van der Waals surface area (Å²) < 4.78 is 5.47. The van der Waals surface area contributed by atoms with Gasteiger partial charge in [-0.1, -0.05) is 36.4 Å². The number of hydrogen-bond acceptors (Lipinski definition) is 4. The van der Waals surface area contributed by atoms with Gasteiger partial charge in [0.2, 0.25) is 0 Å². The highest BCUT2D eigenvalue weighted by molar-refractivity contribution is 6.02. The van der Waals surface area contributed by atoms with Crippen LogP contribution in [0.25, 0.3) is 6.08 Å². The van der Waals surface area contributed by atoms with Gasteiger partial charge in [0.15, 0.2) is 11.5 Å². The number of rotatable bonds is 8. The summed E-state index contributed by atoms with van der Waals surface area (Å²) in [6.45, 7) is 7.74. The van der Waals surface area contributed by atoms with Gasteiger partial charge in [-0.2, -0.15) is 5.26 Å². The molecule has 28 heavy (non-hydrogen) atoms. The van der Waals surface area contributed by atoms with Crippen molar-refractivity contribution in [2.24, 2.45) is 0 Å². The molecular weight excluding hydrogens is 352 g/mol. The average Bonchev–Trinajstić information content (AvgIpc) is 2.70. The van der Waals surface area contributed by atoms with Crippen LogP contribution >= 0.6 is 0 Å². The Bertz CT molecular complexity index is 911. The van der Waals surface area contributed by atoms with Gasteiger partial charge in [0.25, 0.3) is 5.91 Å². The molecule has 2 N–H and O–H groups in total. The molecule has 0 aliphatic rings. The number of nitrogens with one attached hydrogen (secondary N) is 1. The van der Waals surface area contributed by atoms with Crippen molar-refractivity contribution < 1.29 is 14.6 Å². The monoisotopic (exact) mass is 376 g/mol. The predicted molar refractivity (Wildman–Crippen MR) is 110 cm³/mol. The second-order valence-electron chi connectivity index (χ2n) is 6.23. The normalized spacial score (nSPS) is 12.0. The molecule has 0 saturated heterocycles. The molecule has 5 heteroatoms. The third-order valence-electron chi connectivity index (χ3n) is 4.16. The Balaban J connectivity index is 2.31. The first-order chi connectivity index (χ1) is 13.5. The van der Waals surface area contributed by atoms with Crippen molar-refractivity contribution in [1.82, 2.24) is 5.32 Å². The Morgan fingerprint density at radius 3 is 2.68 bits per heavy atom. The van der Waals surface area contributed by atoms with Crippen molar-refractivity contribution in [3.05, 3.63) is 77.4 Å². The second kappa shape index (κ2) is 9.98. The zero-order chi connectivity index (χ0) is 20.5. The number of aromatic hydroxyl groups is 1. The van der Waals surface area contributed by atoms with E-state index in [1.807, 2.05) is 50.2 Å². The molecule has 1 amide bonds. The number of hydrogen-bond donors (Lipinski definition) is 2. The summed E-state index contributed by atoms with van der Waals surface area (Å²) in [6.07, 6.45) is 3.59. The molecule has 2 aromatic rings. The van der Waals surface area contributed by atoms with Crippen molar-refractivity contribution in [3.63, 3.8) is 0 Å². The smallest absolute Gasteiger partial charge is 0.262 e. The molecule has 0 aliphatic carbocycles. The van der Waals surface area contributed by atoms with E-state index in [1.165, 1.54) is 6.08 Å². The summed E-state index contributed by atoms with van der Waals surface area (Å²) in [7, 11) is 0. The minimum Gasteiger partial charge on any atom is -0.504 e. The maximum atomic E-state index is 12.6. The quantitative estimate of drug-likeness (QED) is 0.409. The van der Waals surface area contributed by atoms with Crippen LogP contribution in [0.2, 0.25) is 0 Å². The number of phenolic OH excluding ortho intramolecular Hbond substituents is 1. The van der Waals surface area contributed by atoms with Gasteiger partial charge >= 0.3 is 0 Å². The molecule has 0 radical (unpaired) electrons. The number of amides is 1. The number of benzene rings is 2. The molecule has 0 aliphatic heterocycles. The third-order valence-corrected chi connectivity index (χ3v) is 4.16. The van der Waals surface area contributed by atoms with Crippen molar-refractivity contribution in [2.75, 3.05) is 6.61 Å². The molecule has 0 heterocycles. The minimum absolute atomic E-state index is 0.0273. The fourth-order valence-corrected chi connectivity index (χ4v) is 2.76. The predicted octanol–water partition coefficient (Wildman–Crippen LogP) is 4.30. The molecule has 144 valence electrons. The number of ether oxygens (including phenoxy) is 1. The summed E-state index contributed by atoms with van der Waals surface area (Å²) >= 11 is 0. The number of nitrogens with zero attached hydrogens (tertiary/aromatic N) is 1. The minimum atomic E-state index is -0.463. The average molecular weight is 376 g/mol. The summed E-state index contributed by atoms with van der Waals surface area (Å²) in [5.41, 5.74) is 2.13. The van der Waals surface area contributed by atoms with E-state index >= 15 is 0 Å². The first-order valence-electron chi connectivity index (χ1n) is 9.07. The van der Waals surface area contributed by atoms with Crippen molar-refractivity contribution in [3.8, 4) is 17.6 Å². The maximum absolute atomic E-state index is 12.6. The van der Waals surface area contributed by atoms with Gasteiger partial charge in [0, 0.05) is 5.56 Å². The van der Waals surface area contributed by atoms with Crippen LogP contribution in [-0.4, -0.2) is 17.6 Å². The van der Waals surface area contributed by atoms with Crippen molar-refractivity contribution in [2.45, 2.75) is 26.3 Å². The maximum Gasteiger partial charge on any atom is 0.262 e. The number of phenols is 1. The van der Waals surface area contributed by atoms with E-state index in [0.29, 0.717) is 29.9 Å². The number of allylic oxidation sites excluding steroid dienone is 1. The zero-order valence-electron chi connectivity index (χ0n) is 16.1. The number of nitriles is 1. The summed E-state index contributed by atoms with van der Waals surface area (Å²) in [6, 6.07) is 14.6. The topological polar surface area (TPSA) is 82.4 Å². The van der Waals surface area contributed by atoms with Crippen molar-refractivity contribution in [1.29, 1.82) is 5.26 Å². The Morgan fingerprint density at radius 2 is 2.07 bits per heavy atom. The van der Waals surface area contributed by atoms with Gasteiger partial charge in [-0.05, 0) is 49.6 Å². The fraction of sp³-hybridized carbons (Fsp3) is 0.217. The number of carbonyl (C=O) groups is 1. The molecule has 5 nitrogen and oxygen atoms in total. The summed E-state index contributed by atoms with van der Waals surface area (Å²) in [5.74, 6) is -0.113. The second-order valence-corrected chi connectivity index (χ2v) is 6.23. The molecule has 0 aromatic heterocycles. The van der Waals surface area contributed by atoms with Gasteiger partial charge in [0.05, 0.1) is 12.6 Å². The molecule has 1 atom stereocenters. The molecule has 0 saturated carbocycles. The lowest BCUT2D eigenvalue weighted by Crippen LogP contribution is -2.27. The van der Waals surface area contributed by atoms with E-state index < -0.39 is 5.91 Å². The molecule has 0 spiro atoms. The van der Waals surface area contributed by atoms with Gasteiger partial charge in [-0.15, -0.1) is 6.58 Å². The van der Waals surface area contributed by atoms with E-state index in [4.69, 9.17) is 4.74 Å². The van der Waals surface area contributed by atoms with Crippen LogP contribution in [0.1, 0.15) is 36.6 Å². The van der Waals surface area contributed by atoms with Crippen LogP contribution in [0.15, 0.2) is 60.7 Å². The highest BCUT2D eigenvalue weighted by Gasteiger charge is 2.15. The van der Waals surface area contributed by atoms with Crippen LogP contribution in [0.3, 0.4) is 0 Å². The van der Waals surface area contributed by atoms with Crippen LogP contribution in [0.5, 0.6) is 11.5 Å².